The molecule has 3 N–H and O–H groups in total. The third-order valence-corrected chi connectivity index (χ3v) is 3.08. The molecule has 0 aliphatic heterocycles. The lowest BCUT2D eigenvalue weighted by molar-refractivity contribution is -0.0629. The van der Waals surface area contributed by atoms with Gasteiger partial charge >= 0.3 is 0 Å². The Bertz CT molecular complexity index is 410. The smallest absolute Gasteiger partial charge is 0.283 e. The number of benzene rings is 1. The number of alkyl halides is 2. The normalized spacial score (nSPS) is 13.5. The van der Waals surface area contributed by atoms with Crippen molar-refractivity contribution in [2.75, 3.05) is 26.0 Å². The Morgan fingerprint density at radius 3 is 2.74 bits per heavy atom. The van der Waals surface area contributed by atoms with Crippen LogP contribution in [0.4, 0.5) is 14.5 Å². The summed E-state index contributed by atoms with van der Waals surface area (Å²) in [7, 11) is 1.27. The van der Waals surface area contributed by atoms with Crippen LogP contribution in [0, 0.1) is 6.92 Å². The number of rotatable bonds is 7. The highest BCUT2D eigenvalue weighted by atomic mass is 19.3. The summed E-state index contributed by atoms with van der Waals surface area (Å²) in [6.07, 6.45) is 0.667. The minimum absolute atomic E-state index is 0.0526. The number of nitrogens with one attached hydrogen (secondary N) is 1. The topological polar surface area (TPSA) is 47.3 Å². The Hall–Kier alpha value is -1.20. The van der Waals surface area contributed by atoms with E-state index in [-0.39, 0.29) is 12.6 Å². The third-order valence-electron chi connectivity index (χ3n) is 3.08. The van der Waals surface area contributed by atoms with Crippen LogP contribution < -0.4 is 11.1 Å². The first-order chi connectivity index (χ1) is 8.85. The van der Waals surface area contributed by atoms with Gasteiger partial charge in [-0.15, -0.1) is 0 Å². The van der Waals surface area contributed by atoms with E-state index in [2.05, 4.69) is 10.1 Å². The summed E-state index contributed by atoms with van der Waals surface area (Å²) in [5, 5.41) is 2.83. The summed E-state index contributed by atoms with van der Waals surface area (Å²) < 4.78 is 31.0. The molecule has 0 aliphatic rings. The van der Waals surface area contributed by atoms with Gasteiger partial charge in [0, 0.05) is 18.8 Å². The number of ether oxygens (including phenoxy) is 1. The summed E-state index contributed by atoms with van der Waals surface area (Å²) in [6.45, 7) is 2.87. The summed E-state index contributed by atoms with van der Waals surface area (Å²) in [4.78, 5) is 0. The molecule has 5 heteroatoms. The first-order valence-corrected chi connectivity index (χ1v) is 6.30. The first kappa shape index (κ1) is 15.9. The van der Waals surface area contributed by atoms with Crippen LogP contribution in [0.2, 0.25) is 0 Å². The van der Waals surface area contributed by atoms with Gasteiger partial charge in [0.05, 0.1) is 6.54 Å². The molecule has 0 bridgehead atoms. The molecule has 0 aromatic heterocycles. The van der Waals surface area contributed by atoms with E-state index in [0.717, 1.165) is 16.8 Å². The fourth-order valence-electron chi connectivity index (χ4n) is 1.91. The van der Waals surface area contributed by atoms with Crippen LogP contribution in [-0.4, -0.2) is 32.2 Å². The number of hydrogen-bond acceptors (Lipinski definition) is 3. The summed E-state index contributed by atoms with van der Waals surface area (Å²) in [5.74, 6) is -2.84. The number of nitrogens with two attached hydrogens (primary N) is 1. The van der Waals surface area contributed by atoms with E-state index < -0.39 is 12.5 Å². The van der Waals surface area contributed by atoms with E-state index in [1.54, 1.807) is 0 Å². The van der Waals surface area contributed by atoms with Crippen molar-refractivity contribution in [1.29, 1.82) is 0 Å². The Labute approximate surface area is 113 Å². The average molecular weight is 272 g/mol. The lowest BCUT2D eigenvalue weighted by Crippen LogP contribution is -2.41. The van der Waals surface area contributed by atoms with Crippen LogP contribution in [0.5, 0.6) is 0 Å². The molecule has 0 saturated carbocycles. The van der Waals surface area contributed by atoms with Crippen LogP contribution in [0.1, 0.15) is 18.1 Å². The number of halogens is 2. The van der Waals surface area contributed by atoms with E-state index in [1.165, 1.54) is 7.11 Å². The fraction of sp³-hybridized carbons (Fsp3) is 0.571. The molecule has 1 rings (SSSR count). The van der Waals surface area contributed by atoms with Crippen molar-refractivity contribution < 1.29 is 13.5 Å². The maximum atomic E-state index is 13.3. The highest BCUT2D eigenvalue weighted by Crippen LogP contribution is 2.17. The molecule has 0 spiro atoms. The minimum atomic E-state index is -2.84. The summed E-state index contributed by atoms with van der Waals surface area (Å²) in [5.41, 5.74) is 8.65. The van der Waals surface area contributed by atoms with Gasteiger partial charge in [-0.3, -0.25) is 0 Å². The lowest BCUT2D eigenvalue weighted by atomic mass is 10.0. The number of methoxy groups -OCH3 is 1. The van der Waals surface area contributed by atoms with Gasteiger partial charge in [0.25, 0.3) is 5.92 Å². The van der Waals surface area contributed by atoms with E-state index in [1.807, 2.05) is 32.0 Å². The molecule has 1 aromatic rings. The summed E-state index contributed by atoms with van der Waals surface area (Å²) in [6, 6.07) is 5.63. The molecule has 19 heavy (non-hydrogen) atoms. The van der Waals surface area contributed by atoms with Crippen molar-refractivity contribution >= 4 is 5.69 Å². The van der Waals surface area contributed by atoms with Crippen molar-refractivity contribution in [3.05, 3.63) is 29.3 Å². The van der Waals surface area contributed by atoms with Crippen molar-refractivity contribution in [3.63, 3.8) is 0 Å². The minimum Gasteiger partial charge on any atom is -0.399 e. The second-order valence-corrected chi connectivity index (χ2v) is 4.91. The molecule has 0 fully saturated rings. The van der Waals surface area contributed by atoms with Crippen LogP contribution in [0.25, 0.3) is 0 Å². The van der Waals surface area contributed by atoms with Gasteiger partial charge in [-0.05, 0) is 37.5 Å². The zero-order valence-electron chi connectivity index (χ0n) is 11.7. The van der Waals surface area contributed by atoms with E-state index >= 15 is 0 Å². The van der Waals surface area contributed by atoms with Crippen molar-refractivity contribution in [2.45, 2.75) is 32.2 Å². The average Bonchev–Trinajstić information content (AvgIpc) is 2.33. The number of hydrogen-bond donors (Lipinski definition) is 2. The van der Waals surface area contributed by atoms with Crippen LogP contribution in [0.3, 0.4) is 0 Å². The number of anilines is 1. The van der Waals surface area contributed by atoms with Gasteiger partial charge in [0.1, 0.15) is 6.61 Å². The Morgan fingerprint density at radius 2 is 2.11 bits per heavy atom. The van der Waals surface area contributed by atoms with Crippen LogP contribution in [0.15, 0.2) is 18.2 Å². The Kier molecular flexibility index (Phi) is 5.69. The molecule has 3 nitrogen and oxygen atoms in total. The van der Waals surface area contributed by atoms with Crippen molar-refractivity contribution in [3.8, 4) is 0 Å². The Morgan fingerprint density at radius 1 is 1.42 bits per heavy atom. The van der Waals surface area contributed by atoms with Gasteiger partial charge in [0.15, 0.2) is 0 Å². The highest BCUT2D eigenvalue weighted by molar-refractivity contribution is 5.50. The molecule has 1 unspecified atom stereocenters. The molecule has 0 aliphatic carbocycles. The SMILES string of the molecule is COCC(F)(F)CNC(C)Cc1cccc(N)c1C. The van der Waals surface area contributed by atoms with Gasteiger partial charge < -0.3 is 15.8 Å². The standard InChI is InChI=1S/C14H22F2N2O/c1-10(18-8-14(15,16)9-19-3)7-12-5-4-6-13(17)11(12)2/h4-6,10,18H,7-9,17H2,1-3H3. The summed E-state index contributed by atoms with van der Waals surface area (Å²) >= 11 is 0. The van der Waals surface area contributed by atoms with Gasteiger partial charge in [-0.1, -0.05) is 12.1 Å². The third kappa shape index (κ3) is 5.12. The molecule has 0 amide bonds. The second-order valence-electron chi connectivity index (χ2n) is 4.91. The second kappa shape index (κ2) is 6.82. The molecule has 0 radical (unpaired) electrons. The van der Waals surface area contributed by atoms with Gasteiger partial charge in [-0.2, -0.15) is 0 Å². The monoisotopic (exact) mass is 272 g/mol. The van der Waals surface area contributed by atoms with Gasteiger partial charge in [-0.25, -0.2) is 8.78 Å². The van der Waals surface area contributed by atoms with E-state index in [9.17, 15) is 8.78 Å². The predicted octanol–water partition coefficient (Wildman–Crippen LogP) is 2.38. The Balaban J connectivity index is 2.51. The zero-order valence-corrected chi connectivity index (χ0v) is 11.7. The molecule has 1 atom stereocenters. The largest absolute Gasteiger partial charge is 0.399 e. The first-order valence-electron chi connectivity index (χ1n) is 6.30. The van der Waals surface area contributed by atoms with Crippen LogP contribution >= 0.6 is 0 Å². The molecular formula is C14H22F2N2O. The lowest BCUT2D eigenvalue weighted by Gasteiger charge is -2.20. The molecule has 0 heterocycles. The van der Waals surface area contributed by atoms with E-state index in [4.69, 9.17) is 5.73 Å². The van der Waals surface area contributed by atoms with Crippen molar-refractivity contribution in [2.24, 2.45) is 0 Å². The predicted molar refractivity (Wildman–Crippen MR) is 73.6 cm³/mol. The van der Waals surface area contributed by atoms with Crippen molar-refractivity contribution in [1.82, 2.24) is 5.32 Å². The highest BCUT2D eigenvalue weighted by Gasteiger charge is 2.28. The molecule has 0 saturated heterocycles. The molecular weight excluding hydrogens is 250 g/mol. The maximum absolute atomic E-state index is 13.3. The maximum Gasteiger partial charge on any atom is 0.283 e. The quantitative estimate of drug-likeness (QED) is 0.749. The molecule has 1 aromatic carbocycles. The zero-order chi connectivity index (χ0) is 14.5. The number of nitrogen functional groups attached to an aromatic ring is 1. The fourth-order valence-corrected chi connectivity index (χ4v) is 1.91. The molecule has 108 valence electrons. The van der Waals surface area contributed by atoms with Gasteiger partial charge in [0.2, 0.25) is 0 Å². The van der Waals surface area contributed by atoms with E-state index in [0.29, 0.717) is 6.42 Å². The van der Waals surface area contributed by atoms with Crippen LogP contribution in [-0.2, 0) is 11.2 Å².